The molecule has 0 heterocycles. The molecule has 1 aromatic carbocycles. The van der Waals surface area contributed by atoms with E-state index in [1.54, 1.807) is 0 Å². The summed E-state index contributed by atoms with van der Waals surface area (Å²) in [6.45, 7) is 0.745. The maximum absolute atomic E-state index is 8.27. The smallest absolute Gasteiger partial charge is 0.174 e. The Morgan fingerprint density at radius 3 is 2.54 bits per heavy atom. The molecule has 0 spiro atoms. The van der Waals surface area contributed by atoms with Crippen molar-refractivity contribution in [2.45, 2.75) is 6.42 Å². The lowest BCUT2D eigenvalue weighted by Gasteiger charge is -2.02. The van der Waals surface area contributed by atoms with Gasteiger partial charge in [-0.15, -0.1) is 0 Å². The van der Waals surface area contributed by atoms with Gasteiger partial charge in [0.15, 0.2) is 6.61 Å². The maximum atomic E-state index is 8.27. The van der Waals surface area contributed by atoms with Gasteiger partial charge in [-0.2, -0.15) is 5.26 Å². The van der Waals surface area contributed by atoms with E-state index < -0.39 is 0 Å². The van der Waals surface area contributed by atoms with Crippen molar-refractivity contribution >= 4 is 0 Å². The van der Waals surface area contributed by atoms with Crippen LogP contribution in [0.15, 0.2) is 24.3 Å². The van der Waals surface area contributed by atoms with Gasteiger partial charge < -0.3 is 10.5 Å². The van der Waals surface area contributed by atoms with Crippen LogP contribution in [0, 0.1) is 11.3 Å². The summed E-state index contributed by atoms with van der Waals surface area (Å²) in [5.41, 5.74) is 6.59. The van der Waals surface area contributed by atoms with Crippen LogP contribution in [0.25, 0.3) is 0 Å². The van der Waals surface area contributed by atoms with Crippen LogP contribution in [0.2, 0.25) is 0 Å². The third kappa shape index (κ3) is 3.14. The van der Waals surface area contributed by atoms with E-state index in [2.05, 4.69) is 0 Å². The molecular formula is C10H12N2O. The summed E-state index contributed by atoms with van der Waals surface area (Å²) in [5, 5.41) is 8.27. The Hall–Kier alpha value is -1.53. The summed E-state index contributed by atoms with van der Waals surface area (Å²) >= 11 is 0. The molecule has 0 aliphatic heterocycles. The van der Waals surface area contributed by atoms with Crippen molar-refractivity contribution in [1.29, 1.82) is 5.26 Å². The molecule has 0 fully saturated rings. The average molecular weight is 176 g/mol. The van der Waals surface area contributed by atoms with E-state index in [1.165, 1.54) is 5.56 Å². The first-order valence-corrected chi connectivity index (χ1v) is 4.15. The van der Waals surface area contributed by atoms with Crippen LogP contribution in [-0.4, -0.2) is 13.2 Å². The van der Waals surface area contributed by atoms with Gasteiger partial charge in [-0.3, -0.25) is 0 Å². The van der Waals surface area contributed by atoms with Crippen molar-refractivity contribution in [3.05, 3.63) is 29.8 Å². The molecule has 13 heavy (non-hydrogen) atoms. The second kappa shape index (κ2) is 5.18. The summed E-state index contributed by atoms with van der Waals surface area (Å²) in [5.74, 6) is 0.724. The Kier molecular flexibility index (Phi) is 3.80. The maximum Gasteiger partial charge on any atom is 0.174 e. The van der Waals surface area contributed by atoms with Crippen LogP contribution in [0.1, 0.15) is 5.56 Å². The van der Waals surface area contributed by atoms with E-state index >= 15 is 0 Å². The Balaban J connectivity index is 2.54. The topological polar surface area (TPSA) is 59.0 Å². The van der Waals surface area contributed by atoms with Crippen molar-refractivity contribution in [3.8, 4) is 11.8 Å². The van der Waals surface area contributed by atoms with E-state index in [9.17, 15) is 0 Å². The highest BCUT2D eigenvalue weighted by atomic mass is 16.5. The lowest BCUT2D eigenvalue weighted by atomic mass is 10.1. The number of benzene rings is 1. The van der Waals surface area contributed by atoms with E-state index in [4.69, 9.17) is 15.7 Å². The van der Waals surface area contributed by atoms with Crippen LogP contribution in [0.5, 0.6) is 5.75 Å². The fourth-order valence-electron chi connectivity index (χ4n) is 1.03. The largest absolute Gasteiger partial charge is 0.479 e. The molecule has 0 atom stereocenters. The number of hydrogen-bond donors (Lipinski definition) is 1. The summed E-state index contributed by atoms with van der Waals surface area (Å²) in [4.78, 5) is 0. The molecule has 0 aromatic heterocycles. The van der Waals surface area contributed by atoms with E-state index in [0.717, 1.165) is 12.2 Å². The van der Waals surface area contributed by atoms with Crippen molar-refractivity contribution in [3.63, 3.8) is 0 Å². The van der Waals surface area contributed by atoms with Crippen LogP contribution in [0.3, 0.4) is 0 Å². The monoisotopic (exact) mass is 176 g/mol. The van der Waals surface area contributed by atoms with Gasteiger partial charge in [0, 0.05) is 0 Å². The number of hydrogen-bond acceptors (Lipinski definition) is 3. The Labute approximate surface area is 77.7 Å². The highest BCUT2D eigenvalue weighted by Gasteiger charge is 1.93. The zero-order valence-electron chi connectivity index (χ0n) is 7.36. The predicted octanol–water partition coefficient (Wildman–Crippen LogP) is 1.09. The molecule has 0 bridgehead atoms. The van der Waals surface area contributed by atoms with Gasteiger partial charge in [-0.05, 0) is 30.7 Å². The molecule has 3 heteroatoms. The van der Waals surface area contributed by atoms with E-state index in [1.807, 2.05) is 30.3 Å². The van der Waals surface area contributed by atoms with Crippen molar-refractivity contribution < 1.29 is 4.74 Å². The van der Waals surface area contributed by atoms with Gasteiger partial charge in [0.1, 0.15) is 11.8 Å². The number of ether oxygens (including phenoxy) is 1. The van der Waals surface area contributed by atoms with Crippen molar-refractivity contribution in [1.82, 2.24) is 0 Å². The third-order valence-electron chi connectivity index (χ3n) is 1.66. The number of nitriles is 1. The third-order valence-corrected chi connectivity index (χ3v) is 1.66. The van der Waals surface area contributed by atoms with Gasteiger partial charge in [-0.25, -0.2) is 0 Å². The van der Waals surface area contributed by atoms with E-state index in [-0.39, 0.29) is 6.61 Å². The summed E-state index contributed by atoms with van der Waals surface area (Å²) in [6.07, 6.45) is 0.874. The molecule has 0 aliphatic rings. The molecule has 0 saturated carbocycles. The second-order valence-corrected chi connectivity index (χ2v) is 2.63. The van der Waals surface area contributed by atoms with Crippen LogP contribution >= 0.6 is 0 Å². The van der Waals surface area contributed by atoms with Gasteiger partial charge in [0.25, 0.3) is 0 Å². The number of nitrogens with zero attached hydrogens (tertiary/aromatic N) is 1. The van der Waals surface area contributed by atoms with Gasteiger partial charge >= 0.3 is 0 Å². The summed E-state index contributed by atoms with van der Waals surface area (Å²) < 4.78 is 5.10. The Morgan fingerprint density at radius 2 is 2.00 bits per heavy atom. The summed E-state index contributed by atoms with van der Waals surface area (Å²) in [7, 11) is 0. The molecule has 0 radical (unpaired) electrons. The molecule has 1 rings (SSSR count). The molecular weight excluding hydrogens is 164 g/mol. The SMILES string of the molecule is N#CCOc1ccc(CCN)cc1. The molecule has 0 unspecified atom stereocenters. The normalized spacial score (nSPS) is 9.23. The fourth-order valence-corrected chi connectivity index (χ4v) is 1.03. The van der Waals surface area contributed by atoms with Gasteiger partial charge in [0.05, 0.1) is 0 Å². The molecule has 68 valence electrons. The molecule has 1 aromatic rings. The Bertz CT molecular complexity index is 287. The first kappa shape index (κ1) is 9.56. The Morgan fingerprint density at radius 1 is 1.31 bits per heavy atom. The zero-order valence-corrected chi connectivity index (χ0v) is 7.36. The molecule has 0 aliphatic carbocycles. The van der Waals surface area contributed by atoms with Crippen LogP contribution < -0.4 is 10.5 Å². The fraction of sp³-hybridized carbons (Fsp3) is 0.300. The minimum Gasteiger partial charge on any atom is -0.479 e. The molecule has 3 nitrogen and oxygen atoms in total. The quantitative estimate of drug-likeness (QED) is 0.747. The average Bonchev–Trinajstić information content (AvgIpc) is 2.17. The second-order valence-electron chi connectivity index (χ2n) is 2.63. The van der Waals surface area contributed by atoms with E-state index in [0.29, 0.717) is 6.54 Å². The number of rotatable bonds is 4. The summed E-state index contributed by atoms with van der Waals surface area (Å²) in [6, 6.07) is 9.53. The van der Waals surface area contributed by atoms with Crippen LogP contribution in [0.4, 0.5) is 0 Å². The van der Waals surface area contributed by atoms with Crippen LogP contribution in [-0.2, 0) is 6.42 Å². The van der Waals surface area contributed by atoms with Gasteiger partial charge in [0.2, 0.25) is 0 Å². The standard InChI is InChI=1S/C10H12N2O/c11-6-5-9-1-3-10(4-2-9)13-8-7-12/h1-4H,5-6,8,11H2. The number of nitrogens with two attached hydrogens (primary N) is 1. The first-order valence-electron chi connectivity index (χ1n) is 4.15. The lowest BCUT2D eigenvalue weighted by Crippen LogP contribution is -2.02. The minimum absolute atomic E-state index is 0.0935. The van der Waals surface area contributed by atoms with Crippen molar-refractivity contribution in [2.75, 3.05) is 13.2 Å². The minimum atomic E-state index is 0.0935. The highest BCUT2D eigenvalue weighted by Crippen LogP contribution is 2.11. The zero-order chi connectivity index (χ0) is 9.52. The molecule has 2 N–H and O–H groups in total. The lowest BCUT2D eigenvalue weighted by molar-refractivity contribution is 0.368. The molecule has 0 amide bonds. The molecule has 0 saturated heterocycles. The highest BCUT2D eigenvalue weighted by molar-refractivity contribution is 5.27. The van der Waals surface area contributed by atoms with Gasteiger partial charge in [-0.1, -0.05) is 12.1 Å². The predicted molar refractivity (Wildman–Crippen MR) is 50.3 cm³/mol. The first-order chi connectivity index (χ1) is 6.36. The van der Waals surface area contributed by atoms with Crippen molar-refractivity contribution in [2.24, 2.45) is 5.73 Å².